The maximum atomic E-state index is 3.70. The second-order valence-corrected chi connectivity index (χ2v) is 7.11. The van der Waals surface area contributed by atoms with Crippen LogP contribution in [0.2, 0.25) is 0 Å². The van der Waals surface area contributed by atoms with Gasteiger partial charge in [0.05, 0.1) is 0 Å². The Bertz CT molecular complexity index is 162. The molecule has 0 spiro atoms. The average molecular weight is 215 g/mol. The molecule has 0 aromatic carbocycles. The highest BCUT2D eigenvalue weighted by Gasteiger charge is 2.25. The largest absolute Gasteiger partial charge is 0.313 e. The van der Waals surface area contributed by atoms with Crippen molar-refractivity contribution >= 4 is 11.8 Å². The molecule has 1 aliphatic carbocycles. The van der Waals surface area contributed by atoms with Gasteiger partial charge in [-0.15, -0.1) is 0 Å². The highest BCUT2D eigenvalue weighted by atomic mass is 32.2. The highest BCUT2D eigenvalue weighted by molar-refractivity contribution is 7.99. The predicted octanol–water partition coefficient (Wildman–Crippen LogP) is 3.30. The molecule has 0 heterocycles. The van der Waals surface area contributed by atoms with Crippen LogP contribution in [-0.2, 0) is 0 Å². The highest BCUT2D eigenvalue weighted by Crippen LogP contribution is 2.30. The molecule has 0 radical (unpaired) electrons. The number of thioether (sulfide) groups is 1. The number of hydrogen-bond donors (Lipinski definition) is 1. The first-order chi connectivity index (χ1) is 6.51. The molecule has 0 aromatic rings. The Kier molecular flexibility index (Phi) is 4.78. The lowest BCUT2D eigenvalue weighted by atomic mass is 9.96. The minimum atomic E-state index is 0.427. The van der Waals surface area contributed by atoms with Gasteiger partial charge < -0.3 is 5.32 Å². The molecule has 0 aliphatic heterocycles. The van der Waals surface area contributed by atoms with Crippen molar-refractivity contribution in [1.29, 1.82) is 0 Å². The van der Waals surface area contributed by atoms with Crippen molar-refractivity contribution in [1.82, 2.24) is 5.32 Å². The number of rotatable bonds is 4. The van der Waals surface area contributed by atoms with Gasteiger partial charge in [0.1, 0.15) is 0 Å². The van der Waals surface area contributed by atoms with Crippen LogP contribution in [0.3, 0.4) is 0 Å². The van der Waals surface area contributed by atoms with Gasteiger partial charge in [0.2, 0.25) is 0 Å². The quantitative estimate of drug-likeness (QED) is 0.772. The van der Waals surface area contributed by atoms with E-state index < -0.39 is 0 Å². The molecule has 84 valence electrons. The van der Waals surface area contributed by atoms with Crippen molar-refractivity contribution in [3.05, 3.63) is 0 Å². The van der Waals surface area contributed by atoms with Crippen LogP contribution >= 0.6 is 11.8 Å². The summed E-state index contributed by atoms with van der Waals surface area (Å²) in [5, 5.41) is 4.62. The molecule has 14 heavy (non-hydrogen) atoms. The van der Waals surface area contributed by atoms with Crippen molar-refractivity contribution in [2.24, 2.45) is 5.41 Å². The Hall–Kier alpha value is 0.310. The van der Waals surface area contributed by atoms with E-state index in [0.717, 1.165) is 17.8 Å². The molecule has 0 aromatic heterocycles. The average Bonchev–Trinajstić information content (AvgIpc) is 2.49. The second kappa shape index (κ2) is 5.41. The third-order valence-electron chi connectivity index (χ3n) is 2.71. The summed E-state index contributed by atoms with van der Waals surface area (Å²) in [6, 6.07) is 0.790. The van der Waals surface area contributed by atoms with Crippen LogP contribution in [0.15, 0.2) is 0 Å². The molecular weight excluding hydrogens is 190 g/mol. The van der Waals surface area contributed by atoms with Crippen molar-refractivity contribution in [2.45, 2.75) is 58.2 Å². The molecule has 2 atom stereocenters. The summed E-state index contributed by atoms with van der Waals surface area (Å²) >= 11 is 2.14. The van der Waals surface area contributed by atoms with Crippen molar-refractivity contribution in [2.75, 3.05) is 12.3 Å². The van der Waals surface area contributed by atoms with Gasteiger partial charge in [0, 0.05) is 17.8 Å². The monoisotopic (exact) mass is 215 g/mol. The van der Waals surface area contributed by atoms with Crippen LogP contribution in [0, 0.1) is 5.41 Å². The lowest BCUT2D eigenvalue weighted by molar-refractivity contribution is 0.351. The van der Waals surface area contributed by atoms with E-state index in [4.69, 9.17) is 0 Å². The third kappa shape index (κ3) is 4.70. The van der Waals surface area contributed by atoms with Gasteiger partial charge in [-0.3, -0.25) is 0 Å². The molecule has 2 heteroatoms. The summed E-state index contributed by atoms with van der Waals surface area (Å²) < 4.78 is 0. The third-order valence-corrected chi connectivity index (χ3v) is 3.94. The number of nitrogens with one attached hydrogen (secondary N) is 1. The SMILES string of the molecule is CCSC1CCC(NCC(C)(C)C)C1. The molecule has 1 aliphatic rings. The Labute approximate surface area is 93.4 Å². The summed E-state index contributed by atoms with van der Waals surface area (Å²) in [6.45, 7) is 10.3. The molecule has 1 nitrogen and oxygen atoms in total. The normalized spacial score (nSPS) is 28.3. The van der Waals surface area contributed by atoms with E-state index in [2.05, 4.69) is 44.8 Å². The van der Waals surface area contributed by atoms with Gasteiger partial charge in [0.15, 0.2) is 0 Å². The molecule has 2 unspecified atom stereocenters. The van der Waals surface area contributed by atoms with Gasteiger partial charge in [-0.2, -0.15) is 11.8 Å². The van der Waals surface area contributed by atoms with E-state index in [9.17, 15) is 0 Å². The zero-order valence-corrected chi connectivity index (χ0v) is 10.9. The molecule has 1 rings (SSSR count). The van der Waals surface area contributed by atoms with E-state index in [1.165, 1.54) is 25.0 Å². The van der Waals surface area contributed by atoms with Gasteiger partial charge in [-0.1, -0.05) is 27.7 Å². The zero-order valence-electron chi connectivity index (χ0n) is 10.1. The van der Waals surface area contributed by atoms with Gasteiger partial charge in [-0.25, -0.2) is 0 Å². The van der Waals surface area contributed by atoms with Crippen LogP contribution < -0.4 is 5.32 Å². The topological polar surface area (TPSA) is 12.0 Å². The summed E-state index contributed by atoms with van der Waals surface area (Å²) in [5.74, 6) is 1.27. The van der Waals surface area contributed by atoms with Gasteiger partial charge >= 0.3 is 0 Å². The maximum absolute atomic E-state index is 3.70. The summed E-state index contributed by atoms with van der Waals surface area (Å²) in [5.41, 5.74) is 0.427. The lowest BCUT2D eigenvalue weighted by Gasteiger charge is -2.22. The first-order valence-corrected chi connectivity index (χ1v) is 6.91. The van der Waals surface area contributed by atoms with Gasteiger partial charge in [0.25, 0.3) is 0 Å². The molecule has 0 amide bonds. The van der Waals surface area contributed by atoms with E-state index in [0.29, 0.717) is 5.41 Å². The first kappa shape index (κ1) is 12.4. The standard InChI is InChI=1S/C12H25NS/c1-5-14-11-7-6-10(8-11)13-9-12(2,3)4/h10-11,13H,5-9H2,1-4H3. The predicted molar refractivity (Wildman–Crippen MR) is 67.0 cm³/mol. The van der Waals surface area contributed by atoms with E-state index >= 15 is 0 Å². The number of hydrogen-bond acceptors (Lipinski definition) is 2. The second-order valence-electron chi connectivity index (χ2n) is 5.53. The molecule has 1 N–H and O–H groups in total. The zero-order chi connectivity index (χ0) is 10.6. The van der Waals surface area contributed by atoms with Crippen LogP contribution in [0.1, 0.15) is 47.0 Å². The fraction of sp³-hybridized carbons (Fsp3) is 1.00. The maximum Gasteiger partial charge on any atom is 0.00782 e. The van der Waals surface area contributed by atoms with Crippen LogP contribution in [0.4, 0.5) is 0 Å². The van der Waals surface area contributed by atoms with E-state index in [1.54, 1.807) is 0 Å². The molecule has 1 fully saturated rings. The van der Waals surface area contributed by atoms with Crippen LogP contribution in [0.25, 0.3) is 0 Å². The molecule has 0 saturated heterocycles. The Morgan fingerprint density at radius 3 is 2.57 bits per heavy atom. The van der Waals surface area contributed by atoms with Gasteiger partial charge in [-0.05, 0) is 30.4 Å². The molecular formula is C12H25NS. The lowest BCUT2D eigenvalue weighted by Crippen LogP contribution is -2.34. The smallest absolute Gasteiger partial charge is 0.00782 e. The minimum absolute atomic E-state index is 0.427. The fourth-order valence-corrected chi connectivity index (χ4v) is 3.11. The Balaban J connectivity index is 2.16. The fourth-order valence-electron chi connectivity index (χ4n) is 1.96. The summed E-state index contributed by atoms with van der Waals surface area (Å²) in [6.07, 6.45) is 4.18. The van der Waals surface area contributed by atoms with Crippen molar-refractivity contribution in [3.63, 3.8) is 0 Å². The van der Waals surface area contributed by atoms with Crippen molar-refractivity contribution < 1.29 is 0 Å². The molecule has 0 bridgehead atoms. The van der Waals surface area contributed by atoms with Crippen molar-refractivity contribution in [3.8, 4) is 0 Å². The Morgan fingerprint density at radius 1 is 1.29 bits per heavy atom. The Morgan fingerprint density at radius 2 is 2.00 bits per heavy atom. The van der Waals surface area contributed by atoms with E-state index in [-0.39, 0.29) is 0 Å². The van der Waals surface area contributed by atoms with Crippen LogP contribution in [-0.4, -0.2) is 23.6 Å². The first-order valence-electron chi connectivity index (χ1n) is 5.86. The van der Waals surface area contributed by atoms with Crippen LogP contribution in [0.5, 0.6) is 0 Å². The molecule has 1 saturated carbocycles. The summed E-state index contributed by atoms with van der Waals surface area (Å²) in [4.78, 5) is 0. The van der Waals surface area contributed by atoms with E-state index in [1.807, 2.05) is 0 Å². The minimum Gasteiger partial charge on any atom is -0.313 e. The summed E-state index contributed by atoms with van der Waals surface area (Å²) in [7, 11) is 0.